The van der Waals surface area contributed by atoms with E-state index in [1.54, 1.807) is 60.9 Å². The Balaban J connectivity index is 1.66. The molecule has 0 spiro atoms. The Morgan fingerprint density at radius 1 is 0.519 bits per heavy atom. The average Bonchev–Trinajstić information content (AvgIpc) is 3.72. The average molecular weight is 685 g/mol. The summed E-state index contributed by atoms with van der Waals surface area (Å²) in [6, 6.07) is 33.5. The molecule has 0 saturated carbocycles. The third-order valence-electron chi connectivity index (χ3n) is 8.93. The molecule has 0 amide bonds. The summed E-state index contributed by atoms with van der Waals surface area (Å²) in [6.45, 7) is 23.7. The van der Waals surface area contributed by atoms with Crippen molar-refractivity contribution in [3.05, 3.63) is 187 Å². The zero-order valence-electron chi connectivity index (χ0n) is 27.7. The van der Waals surface area contributed by atoms with Gasteiger partial charge in [-0.1, -0.05) is 36.4 Å². The van der Waals surface area contributed by atoms with Crippen LogP contribution in [0.4, 0.5) is 11.4 Å². The molecule has 3 aromatic carbocycles. The van der Waals surface area contributed by atoms with Crippen molar-refractivity contribution in [2.45, 2.75) is 0 Å². The summed E-state index contributed by atoms with van der Waals surface area (Å²) in [5.74, 6) is 0. The molecule has 2 aromatic heterocycles. The van der Waals surface area contributed by atoms with Crippen molar-refractivity contribution in [2.24, 2.45) is 0 Å². The van der Waals surface area contributed by atoms with Gasteiger partial charge in [0.2, 0.25) is 5.70 Å². The molecule has 0 N–H and O–H groups in total. The first-order chi connectivity index (χ1) is 26.4. The van der Waals surface area contributed by atoms with Gasteiger partial charge in [-0.25, -0.2) is 14.5 Å². The van der Waals surface area contributed by atoms with E-state index in [1.165, 1.54) is 36.4 Å². The molecule has 0 saturated heterocycles. The summed E-state index contributed by atoms with van der Waals surface area (Å²) in [5.41, 5.74) is 5.45. The van der Waals surface area contributed by atoms with Gasteiger partial charge in [-0.3, -0.25) is 9.97 Å². The van der Waals surface area contributed by atoms with E-state index in [-0.39, 0.29) is 50.5 Å². The van der Waals surface area contributed by atoms with Crippen LogP contribution in [0.15, 0.2) is 97.3 Å². The zero-order valence-corrected chi connectivity index (χ0v) is 27.7. The summed E-state index contributed by atoms with van der Waals surface area (Å²) in [5, 5.41) is 52.0. The van der Waals surface area contributed by atoms with E-state index < -0.39 is 0 Å². The highest BCUT2D eigenvalue weighted by Gasteiger charge is 2.38. The van der Waals surface area contributed by atoms with Gasteiger partial charge >= 0.3 is 0 Å². The molecule has 242 valence electrons. The maximum atomic E-state index is 10.8. The lowest BCUT2D eigenvalue weighted by molar-refractivity contribution is 1.28. The minimum Gasteiger partial charge on any atom is -0.258 e. The van der Waals surface area contributed by atoms with Crippen LogP contribution in [0.25, 0.3) is 59.2 Å². The third-order valence-corrected chi connectivity index (χ3v) is 8.93. The van der Waals surface area contributed by atoms with Gasteiger partial charge in [-0.05, 0) is 81.9 Å². The summed E-state index contributed by atoms with van der Waals surface area (Å²) >= 11 is 0. The van der Waals surface area contributed by atoms with Crippen molar-refractivity contribution in [1.82, 2.24) is 9.97 Å². The van der Waals surface area contributed by atoms with Crippen LogP contribution >= 0.6 is 0 Å². The van der Waals surface area contributed by atoms with Gasteiger partial charge in [0.15, 0.2) is 11.4 Å². The molecular weight excluding hydrogens is 669 g/mol. The molecule has 10 heteroatoms. The van der Waals surface area contributed by atoms with E-state index in [0.29, 0.717) is 61.5 Å². The lowest BCUT2D eigenvalue weighted by Crippen LogP contribution is -1.97. The van der Waals surface area contributed by atoms with Crippen molar-refractivity contribution < 1.29 is 0 Å². The maximum Gasteiger partial charge on any atom is 0.204 e. The van der Waals surface area contributed by atoms with Gasteiger partial charge in [-0.15, -0.1) is 0 Å². The van der Waals surface area contributed by atoms with Gasteiger partial charge in [0.1, 0.15) is 18.2 Å². The molecule has 10 nitrogen and oxygen atoms in total. The number of rotatable bonds is 4. The summed E-state index contributed by atoms with van der Waals surface area (Å²) < 4.78 is 0. The number of allylic oxidation sites excluding steroid dienone is 7. The second-order valence-electron chi connectivity index (χ2n) is 11.8. The van der Waals surface area contributed by atoms with Crippen molar-refractivity contribution in [3.8, 4) is 30.3 Å². The highest BCUT2D eigenvalue weighted by molar-refractivity contribution is 6.33. The topological polar surface area (TPSA) is 158 Å². The largest absolute Gasteiger partial charge is 0.258 e. The van der Waals surface area contributed by atoms with E-state index in [4.69, 9.17) is 19.7 Å². The lowest BCUT2D eigenvalue weighted by atomic mass is 9.87. The molecule has 0 unspecified atom stereocenters. The monoisotopic (exact) mass is 684 g/mol. The van der Waals surface area contributed by atoms with Crippen LogP contribution < -0.4 is 0 Å². The highest BCUT2D eigenvalue weighted by Crippen LogP contribution is 2.56. The molecule has 0 aliphatic heterocycles. The molecule has 2 aliphatic carbocycles. The molecule has 7 rings (SSSR count). The predicted octanol–water partition coefficient (Wildman–Crippen LogP) is 9.44. The van der Waals surface area contributed by atoms with Crippen LogP contribution in [0, 0.1) is 76.4 Å². The van der Waals surface area contributed by atoms with Gasteiger partial charge in [-0.2, -0.15) is 26.3 Å². The predicted molar refractivity (Wildman–Crippen MR) is 200 cm³/mol. The van der Waals surface area contributed by atoms with E-state index in [9.17, 15) is 26.3 Å². The Kier molecular flexibility index (Phi) is 8.41. The quantitative estimate of drug-likeness (QED) is 0.135. The molecule has 54 heavy (non-hydrogen) atoms. The SMILES string of the molecule is [C-]#[N+]C1=C(c2ccccn2)/C(=C(/C#N)c2cc([N+]#[C-])cc([N+]#[C-])c2)c2cc3c(cc21)/C(=C(\C#N)c1cc(C#N)cc(C#N)c1)C(c1ccccn1)=C3C#N. The zero-order chi connectivity index (χ0) is 37.9. The lowest BCUT2D eigenvalue weighted by Gasteiger charge is -2.15. The standard InChI is InChI=1S/C44H16N10/c1-50-29-15-28(16-30(17-29)51-2)36(23-48)41-33-18-31-32(19-34(33)44(52-3)43(41)39-9-5-7-11-54-39)40(42(37(31)24-49)38-8-4-6-10-53-38)35(22-47)27-13-25(20-45)12-26(14-27)21-46/h4-19H/b40-35-,41-36-. The van der Waals surface area contributed by atoms with E-state index in [0.717, 1.165) is 0 Å². The Morgan fingerprint density at radius 2 is 1.04 bits per heavy atom. The molecule has 0 atom stereocenters. The van der Waals surface area contributed by atoms with Crippen LogP contribution in [0.3, 0.4) is 0 Å². The fourth-order valence-electron chi connectivity index (χ4n) is 6.78. The van der Waals surface area contributed by atoms with Crippen molar-refractivity contribution in [2.75, 3.05) is 0 Å². The maximum absolute atomic E-state index is 10.8. The number of benzene rings is 3. The van der Waals surface area contributed by atoms with Crippen LogP contribution in [-0.4, -0.2) is 9.97 Å². The van der Waals surface area contributed by atoms with E-state index in [2.05, 4.69) is 42.7 Å². The normalized spacial score (nSPS) is 14.1. The van der Waals surface area contributed by atoms with E-state index in [1.807, 2.05) is 12.1 Å². The van der Waals surface area contributed by atoms with Crippen LogP contribution in [0.5, 0.6) is 0 Å². The number of hydrogen-bond acceptors (Lipinski definition) is 7. The van der Waals surface area contributed by atoms with Gasteiger partial charge < -0.3 is 0 Å². The number of nitriles is 5. The summed E-state index contributed by atoms with van der Waals surface area (Å²) in [4.78, 5) is 20.1. The number of aromatic nitrogens is 2. The Morgan fingerprint density at radius 3 is 1.52 bits per heavy atom. The number of pyridine rings is 2. The first kappa shape index (κ1) is 33.3. The smallest absolute Gasteiger partial charge is 0.204 e. The van der Waals surface area contributed by atoms with Gasteiger partial charge in [0.05, 0.1) is 71.1 Å². The van der Waals surface area contributed by atoms with Crippen molar-refractivity contribution in [3.63, 3.8) is 0 Å². The van der Waals surface area contributed by atoms with Crippen molar-refractivity contribution >= 4 is 56.1 Å². The molecule has 0 fully saturated rings. The minimum atomic E-state index is 0.0723. The highest BCUT2D eigenvalue weighted by atomic mass is 14.7. The first-order valence-corrected chi connectivity index (χ1v) is 15.9. The fraction of sp³-hybridized carbons (Fsp3) is 0. The second-order valence-corrected chi connectivity index (χ2v) is 11.8. The van der Waals surface area contributed by atoms with Gasteiger partial charge in [0, 0.05) is 34.7 Å². The number of nitrogens with zero attached hydrogens (tertiary/aromatic N) is 10. The van der Waals surface area contributed by atoms with Crippen LogP contribution in [-0.2, 0) is 0 Å². The molecule has 0 bridgehead atoms. The van der Waals surface area contributed by atoms with Gasteiger partial charge in [0.25, 0.3) is 0 Å². The summed E-state index contributed by atoms with van der Waals surface area (Å²) in [6.07, 6.45) is 3.12. The third kappa shape index (κ3) is 5.31. The Labute approximate surface area is 309 Å². The molecule has 5 aromatic rings. The fourth-order valence-corrected chi connectivity index (χ4v) is 6.78. The molecule has 2 aliphatic rings. The second kappa shape index (κ2) is 13.6. The van der Waals surface area contributed by atoms with E-state index >= 15 is 0 Å². The van der Waals surface area contributed by atoms with Crippen molar-refractivity contribution in [1.29, 1.82) is 26.3 Å². The first-order valence-electron chi connectivity index (χ1n) is 15.9. The molecule has 0 radical (unpaired) electrons. The number of hydrogen-bond donors (Lipinski definition) is 0. The molecule has 2 heterocycles. The Bertz CT molecular complexity index is 2730. The Hall–Kier alpha value is -9.16. The minimum absolute atomic E-state index is 0.0723. The van der Waals surface area contributed by atoms with Crippen LogP contribution in [0.1, 0.15) is 55.9 Å². The number of fused-ring (bicyclic) bond motifs is 2. The molecular formula is C44H16N10. The van der Waals surface area contributed by atoms with Crippen LogP contribution in [0.2, 0.25) is 0 Å². The summed E-state index contributed by atoms with van der Waals surface area (Å²) in [7, 11) is 0.